The summed E-state index contributed by atoms with van der Waals surface area (Å²) in [5.41, 5.74) is 17.9. The number of anilines is 3. The van der Waals surface area contributed by atoms with Crippen LogP contribution in [0.1, 0.15) is 25.0 Å². The van der Waals surface area contributed by atoms with Crippen LogP contribution in [0.4, 0.5) is 17.1 Å². The Kier molecular flexibility index (Phi) is 7.88. The molecule has 9 aromatic carbocycles. The molecule has 3 heteroatoms. The van der Waals surface area contributed by atoms with Crippen molar-refractivity contribution in [2.45, 2.75) is 19.3 Å². The van der Waals surface area contributed by atoms with Crippen LogP contribution in [0.15, 0.2) is 211 Å². The lowest BCUT2D eigenvalue weighted by Crippen LogP contribution is -2.14. The van der Waals surface area contributed by atoms with Crippen LogP contribution >= 0.6 is 0 Å². The maximum absolute atomic E-state index is 6.62. The van der Waals surface area contributed by atoms with E-state index in [1.54, 1.807) is 0 Å². The Morgan fingerprint density at radius 3 is 1.95 bits per heavy atom. The summed E-state index contributed by atoms with van der Waals surface area (Å²) < 4.78 is 6.62. The Morgan fingerprint density at radius 1 is 0.426 bits per heavy atom. The van der Waals surface area contributed by atoms with Gasteiger partial charge in [0.15, 0.2) is 5.58 Å². The molecule has 12 rings (SSSR count). The van der Waals surface area contributed by atoms with Crippen molar-refractivity contribution < 1.29 is 4.42 Å². The minimum absolute atomic E-state index is 0.0453. The molecular formula is C58H40N2O. The molecule has 61 heavy (non-hydrogen) atoms. The predicted octanol–water partition coefficient (Wildman–Crippen LogP) is 16.1. The fraction of sp³-hybridized carbons (Fsp3) is 0.0517. The van der Waals surface area contributed by atoms with E-state index < -0.39 is 0 Å². The van der Waals surface area contributed by atoms with Gasteiger partial charge in [0.05, 0.1) is 16.9 Å². The van der Waals surface area contributed by atoms with Gasteiger partial charge in [-0.25, -0.2) is 4.98 Å². The molecular weight excluding hydrogens is 741 g/mol. The molecule has 0 saturated carbocycles. The fourth-order valence-corrected chi connectivity index (χ4v) is 9.70. The van der Waals surface area contributed by atoms with Crippen LogP contribution in [0.2, 0.25) is 0 Å². The number of pyridine rings is 1. The fourth-order valence-electron chi connectivity index (χ4n) is 9.70. The lowest BCUT2D eigenvalue weighted by Gasteiger charge is -2.26. The molecule has 0 spiro atoms. The van der Waals surface area contributed by atoms with Crippen LogP contribution in [0.3, 0.4) is 0 Å². The van der Waals surface area contributed by atoms with Crippen LogP contribution in [0, 0.1) is 0 Å². The molecule has 0 bridgehead atoms. The number of nitrogens with zero attached hydrogens (tertiary/aromatic N) is 2. The van der Waals surface area contributed by atoms with Crippen LogP contribution < -0.4 is 4.90 Å². The number of fused-ring (bicyclic) bond motifs is 8. The van der Waals surface area contributed by atoms with E-state index in [1.807, 2.05) is 12.1 Å². The van der Waals surface area contributed by atoms with E-state index in [0.29, 0.717) is 0 Å². The van der Waals surface area contributed by atoms with Gasteiger partial charge in [0.2, 0.25) is 0 Å². The van der Waals surface area contributed by atoms with Gasteiger partial charge in [0.25, 0.3) is 0 Å². The average Bonchev–Trinajstić information content (AvgIpc) is 3.81. The van der Waals surface area contributed by atoms with Crippen LogP contribution in [-0.4, -0.2) is 4.98 Å². The molecule has 3 nitrogen and oxygen atoms in total. The van der Waals surface area contributed by atoms with Gasteiger partial charge in [0.1, 0.15) is 5.58 Å². The molecule has 1 aliphatic carbocycles. The molecule has 1 aliphatic rings. The van der Waals surface area contributed by atoms with Crippen molar-refractivity contribution >= 4 is 60.7 Å². The Labute approximate surface area is 354 Å². The first kappa shape index (κ1) is 35.2. The van der Waals surface area contributed by atoms with E-state index in [2.05, 4.69) is 213 Å². The van der Waals surface area contributed by atoms with E-state index in [9.17, 15) is 0 Å². The largest absolute Gasteiger partial charge is 0.454 e. The first-order chi connectivity index (χ1) is 30.0. The highest BCUT2D eigenvalue weighted by atomic mass is 16.3. The quantitative estimate of drug-likeness (QED) is 0.168. The SMILES string of the molecule is CC1(C)c2ccccc2-c2ccc(-c3ccc(-c4cc5ccccc5nc4-c4ccc(N(c5ccc6ccccc6c5)c5cccc6c5oc5ccccc56)cc4)cc3)cc21. The topological polar surface area (TPSA) is 29.3 Å². The highest BCUT2D eigenvalue weighted by molar-refractivity contribution is 6.10. The Hall–Kier alpha value is -7.75. The molecule has 0 fully saturated rings. The molecule has 0 unspecified atom stereocenters. The molecule has 0 amide bonds. The standard InChI is InChI=1S/C58H40N2O/c1-58(2)51-18-8-6-15-46(51)47-33-29-42(36-52(47)58)38-22-24-39(25-23-38)50-35-43-14-5-9-19-53(43)59-56(50)40-27-30-44(31-28-40)60(45-32-26-37-12-3-4-13-41(37)34-45)54-20-11-17-49-48-16-7-10-21-55(48)61-57(49)54/h3-36H,1-2H3. The van der Waals surface area contributed by atoms with E-state index in [4.69, 9.17) is 9.40 Å². The van der Waals surface area contributed by atoms with E-state index >= 15 is 0 Å². The molecule has 0 atom stereocenters. The highest BCUT2D eigenvalue weighted by Gasteiger charge is 2.35. The van der Waals surface area contributed by atoms with Gasteiger partial charge < -0.3 is 9.32 Å². The summed E-state index contributed by atoms with van der Waals surface area (Å²) in [4.78, 5) is 7.65. The van der Waals surface area contributed by atoms with E-state index in [0.717, 1.165) is 72.3 Å². The second-order valence-electron chi connectivity index (χ2n) is 16.8. The lowest BCUT2D eigenvalue weighted by molar-refractivity contribution is 0.660. The van der Waals surface area contributed by atoms with Gasteiger partial charge in [-0.05, 0) is 104 Å². The van der Waals surface area contributed by atoms with Crippen LogP contribution in [-0.2, 0) is 5.41 Å². The number of hydrogen-bond donors (Lipinski definition) is 0. The van der Waals surface area contributed by atoms with Crippen molar-refractivity contribution in [3.63, 3.8) is 0 Å². The van der Waals surface area contributed by atoms with Crippen molar-refractivity contribution in [3.05, 3.63) is 217 Å². The van der Waals surface area contributed by atoms with Crippen molar-refractivity contribution in [1.29, 1.82) is 0 Å². The van der Waals surface area contributed by atoms with Gasteiger partial charge in [-0.1, -0.05) is 166 Å². The van der Waals surface area contributed by atoms with Crippen LogP contribution in [0.5, 0.6) is 0 Å². The Morgan fingerprint density at radius 2 is 1.08 bits per heavy atom. The van der Waals surface area contributed by atoms with Gasteiger partial charge >= 0.3 is 0 Å². The monoisotopic (exact) mass is 780 g/mol. The highest BCUT2D eigenvalue weighted by Crippen LogP contribution is 2.50. The number of hydrogen-bond acceptors (Lipinski definition) is 3. The zero-order valence-corrected chi connectivity index (χ0v) is 33.9. The zero-order valence-electron chi connectivity index (χ0n) is 33.9. The summed E-state index contributed by atoms with van der Waals surface area (Å²) in [6.45, 7) is 4.68. The summed E-state index contributed by atoms with van der Waals surface area (Å²) in [6.07, 6.45) is 0. The van der Waals surface area contributed by atoms with Crippen molar-refractivity contribution in [2.24, 2.45) is 0 Å². The first-order valence-electron chi connectivity index (χ1n) is 21.0. The summed E-state index contributed by atoms with van der Waals surface area (Å²) in [7, 11) is 0. The second kappa shape index (κ2) is 13.7. The van der Waals surface area contributed by atoms with Gasteiger partial charge in [-0.2, -0.15) is 0 Å². The lowest BCUT2D eigenvalue weighted by atomic mass is 9.81. The smallest absolute Gasteiger partial charge is 0.159 e. The molecule has 0 saturated heterocycles. The van der Waals surface area contributed by atoms with Crippen molar-refractivity contribution in [1.82, 2.24) is 4.98 Å². The normalized spacial score (nSPS) is 12.9. The number of para-hydroxylation sites is 3. The summed E-state index contributed by atoms with van der Waals surface area (Å²) in [5.74, 6) is 0. The summed E-state index contributed by atoms with van der Waals surface area (Å²) >= 11 is 0. The van der Waals surface area contributed by atoms with Crippen molar-refractivity contribution in [2.75, 3.05) is 4.90 Å². The third-order valence-electron chi connectivity index (χ3n) is 12.9. The molecule has 0 radical (unpaired) electrons. The Bertz CT molecular complexity index is 3500. The molecule has 2 heterocycles. The maximum atomic E-state index is 6.62. The zero-order chi connectivity index (χ0) is 40.7. The van der Waals surface area contributed by atoms with Crippen LogP contribution in [0.25, 0.3) is 88.3 Å². The summed E-state index contributed by atoms with van der Waals surface area (Å²) in [6, 6.07) is 74.2. The maximum Gasteiger partial charge on any atom is 0.159 e. The molecule has 0 N–H and O–H groups in total. The molecule has 288 valence electrons. The number of furan rings is 1. The summed E-state index contributed by atoms with van der Waals surface area (Å²) in [5, 5.41) is 5.70. The van der Waals surface area contributed by atoms with Gasteiger partial charge in [-0.15, -0.1) is 0 Å². The van der Waals surface area contributed by atoms with Crippen molar-refractivity contribution in [3.8, 4) is 44.6 Å². The molecule has 2 aromatic heterocycles. The first-order valence-corrected chi connectivity index (χ1v) is 21.0. The van der Waals surface area contributed by atoms with E-state index in [-0.39, 0.29) is 5.41 Å². The number of rotatable bonds is 6. The number of benzene rings is 9. The third-order valence-corrected chi connectivity index (χ3v) is 12.9. The number of aromatic nitrogens is 1. The third kappa shape index (κ3) is 5.69. The van der Waals surface area contributed by atoms with Gasteiger partial charge in [-0.3, -0.25) is 0 Å². The average molecular weight is 781 g/mol. The minimum atomic E-state index is -0.0453. The molecule has 11 aromatic rings. The molecule has 0 aliphatic heterocycles. The minimum Gasteiger partial charge on any atom is -0.454 e. The van der Waals surface area contributed by atoms with Gasteiger partial charge in [0, 0.05) is 44.1 Å². The van der Waals surface area contributed by atoms with E-state index in [1.165, 1.54) is 44.2 Å². The Balaban J connectivity index is 0.953. The second-order valence-corrected chi connectivity index (χ2v) is 16.8. The predicted molar refractivity (Wildman–Crippen MR) is 255 cm³/mol.